The second-order valence-corrected chi connectivity index (χ2v) is 6.95. The zero-order chi connectivity index (χ0) is 20.3. The number of halogens is 1. The van der Waals surface area contributed by atoms with Crippen molar-refractivity contribution in [1.82, 2.24) is 15.0 Å². The van der Waals surface area contributed by atoms with E-state index in [-0.39, 0.29) is 23.3 Å². The van der Waals surface area contributed by atoms with Crippen molar-refractivity contribution in [3.05, 3.63) is 51.6 Å². The molecule has 0 saturated heterocycles. The molecule has 0 bridgehead atoms. The van der Waals surface area contributed by atoms with Crippen LogP contribution < -0.4 is 5.32 Å². The van der Waals surface area contributed by atoms with E-state index in [1.165, 1.54) is 12.1 Å². The standard InChI is InChI=1S/C18H15ClN4O4S/c1-3-27-16(26)14-9(2)20-18(28-14)23-17-21-12(8-13(19)22-17)10-4-6-11(7-5-10)15(24)25/h4-8H,3H2,1-2H3,(H,24,25)(H,20,21,22,23). The average Bonchev–Trinajstić information content (AvgIpc) is 3.01. The third-order valence-electron chi connectivity index (χ3n) is 3.60. The molecular formula is C18H15ClN4O4S. The molecule has 0 spiro atoms. The molecule has 0 fully saturated rings. The summed E-state index contributed by atoms with van der Waals surface area (Å²) in [5, 5.41) is 12.6. The SMILES string of the molecule is CCOC(=O)c1sc(Nc2nc(Cl)cc(-c3ccc(C(=O)O)cc3)n2)nc1C. The molecule has 2 N–H and O–H groups in total. The van der Waals surface area contributed by atoms with Crippen molar-refractivity contribution in [3.63, 3.8) is 0 Å². The van der Waals surface area contributed by atoms with Crippen LogP contribution in [0.1, 0.15) is 32.6 Å². The number of carbonyl (C=O) groups is 2. The van der Waals surface area contributed by atoms with Crippen LogP contribution in [0, 0.1) is 6.92 Å². The number of ether oxygens (including phenoxy) is 1. The Hall–Kier alpha value is -3.04. The van der Waals surface area contributed by atoms with Crippen molar-refractivity contribution < 1.29 is 19.4 Å². The number of carboxylic acids is 1. The quantitative estimate of drug-likeness (QED) is 0.452. The largest absolute Gasteiger partial charge is 0.478 e. The molecule has 3 aromatic rings. The highest BCUT2D eigenvalue weighted by atomic mass is 35.5. The van der Waals surface area contributed by atoms with Gasteiger partial charge in [-0.25, -0.2) is 24.5 Å². The molecule has 0 saturated carbocycles. The van der Waals surface area contributed by atoms with Gasteiger partial charge in [0.15, 0.2) is 5.13 Å². The first-order chi connectivity index (χ1) is 13.4. The highest BCUT2D eigenvalue weighted by Gasteiger charge is 2.17. The van der Waals surface area contributed by atoms with Gasteiger partial charge in [-0.3, -0.25) is 5.32 Å². The van der Waals surface area contributed by atoms with Crippen molar-refractivity contribution in [2.75, 3.05) is 11.9 Å². The number of aromatic nitrogens is 3. The number of aromatic carboxylic acids is 1. The summed E-state index contributed by atoms with van der Waals surface area (Å²) in [6, 6.07) is 7.81. The molecule has 28 heavy (non-hydrogen) atoms. The van der Waals surface area contributed by atoms with E-state index in [9.17, 15) is 9.59 Å². The van der Waals surface area contributed by atoms with Gasteiger partial charge in [0, 0.05) is 11.6 Å². The lowest BCUT2D eigenvalue weighted by atomic mass is 10.1. The molecule has 8 nitrogen and oxygen atoms in total. The number of nitrogens with zero attached hydrogens (tertiary/aromatic N) is 3. The Morgan fingerprint density at radius 1 is 1.21 bits per heavy atom. The first kappa shape index (κ1) is 19.7. The van der Waals surface area contributed by atoms with Gasteiger partial charge in [-0.15, -0.1) is 0 Å². The molecule has 0 atom stereocenters. The second-order valence-electron chi connectivity index (χ2n) is 5.56. The molecule has 1 aromatic carbocycles. The molecule has 144 valence electrons. The Morgan fingerprint density at radius 2 is 1.93 bits per heavy atom. The summed E-state index contributed by atoms with van der Waals surface area (Å²) in [5.74, 6) is -1.24. The van der Waals surface area contributed by atoms with Crippen LogP contribution in [0.15, 0.2) is 30.3 Å². The first-order valence-electron chi connectivity index (χ1n) is 8.17. The van der Waals surface area contributed by atoms with Gasteiger partial charge in [0.25, 0.3) is 0 Å². The lowest BCUT2D eigenvalue weighted by molar-refractivity contribution is 0.0530. The van der Waals surface area contributed by atoms with Gasteiger partial charge in [0.1, 0.15) is 10.0 Å². The zero-order valence-corrected chi connectivity index (χ0v) is 16.5. The molecule has 0 aliphatic rings. The number of hydrogen-bond donors (Lipinski definition) is 2. The number of aryl methyl sites for hydroxylation is 1. The normalized spacial score (nSPS) is 10.5. The lowest BCUT2D eigenvalue weighted by Gasteiger charge is -2.06. The number of carboxylic acid groups (broad SMARTS) is 1. The van der Waals surface area contributed by atoms with E-state index in [4.69, 9.17) is 21.4 Å². The van der Waals surface area contributed by atoms with Gasteiger partial charge in [-0.1, -0.05) is 35.1 Å². The van der Waals surface area contributed by atoms with Crippen LogP contribution in [0.2, 0.25) is 5.15 Å². The summed E-state index contributed by atoms with van der Waals surface area (Å²) in [6.07, 6.45) is 0. The molecule has 3 rings (SSSR count). The molecule has 0 unspecified atom stereocenters. The first-order valence-corrected chi connectivity index (χ1v) is 9.36. The topological polar surface area (TPSA) is 114 Å². The van der Waals surface area contributed by atoms with E-state index in [1.54, 1.807) is 32.0 Å². The fraction of sp³-hybridized carbons (Fsp3) is 0.167. The summed E-state index contributed by atoms with van der Waals surface area (Å²) >= 11 is 7.23. The molecule has 0 aliphatic heterocycles. The van der Waals surface area contributed by atoms with Crippen LogP contribution in [0.5, 0.6) is 0 Å². The Kier molecular flexibility index (Phi) is 5.86. The van der Waals surface area contributed by atoms with Crippen LogP contribution in [0.3, 0.4) is 0 Å². The average molecular weight is 419 g/mol. The number of thiazole rings is 1. The highest BCUT2D eigenvalue weighted by Crippen LogP contribution is 2.27. The van der Waals surface area contributed by atoms with E-state index in [0.717, 1.165) is 11.3 Å². The number of rotatable bonds is 6. The Bertz CT molecular complexity index is 1040. The van der Waals surface area contributed by atoms with Gasteiger partial charge in [-0.2, -0.15) is 0 Å². The Labute approximate surface area is 169 Å². The summed E-state index contributed by atoms with van der Waals surface area (Å²) < 4.78 is 5.00. The predicted octanol–water partition coefficient (Wildman–Crippen LogP) is 4.18. The number of carbonyl (C=O) groups excluding carboxylic acids is 1. The van der Waals surface area contributed by atoms with Gasteiger partial charge in [-0.05, 0) is 26.0 Å². The van der Waals surface area contributed by atoms with E-state index in [2.05, 4.69) is 20.3 Å². The summed E-state index contributed by atoms with van der Waals surface area (Å²) in [5.41, 5.74) is 1.91. The number of hydrogen-bond acceptors (Lipinski definition) is 8. The van der Waals surface area contributed by atoms with Crippen LogP contribution in [-0.2, 0) is 4.74 Å². The smallest absolute Gasteiger partial charge is 0.350 e. The van der Waals surface area contributed by atoms with E-state index < -0.39 is 11.9 Å². The second kappa shape index (κ2) is 8.32. The van der Waals surface area contributed by atoms with Gasteiger partial charge in [0.2, 0.25) is 5.95 Å². The van der Waals surface area contributed by atoms with Crippen molar-refractivity contribution in [3.8, 4) is 11.3 Å². The Morgan fingerprint density at radius 3 is 2.57 bits per heavy atom. The maximum atomic E-state index is 11.9. The molecule has 0 radical (unpaired) electrons. The fourth-order valence-corrected chi connectivity index (χ4v) is 3.37. The predicted molar refractivity (Wildman–Crippen MR) is 106 cm³/mol. The van der Waals surface area contributed by atoms with E-state index in [0.29, 0.717) is 27.0 Å². The van der Waals surface area contributed by atoms with Crippen molar-refractivity contribution in [2.24, 2.45) is 0 Å². The molecule has 2 heterocycles. The minimum absolute atomic E-state index is 0.173. The molecule has 0 amide bonds. The molecule has 2 aromatic heterocycles. The van der Waals surface area contributed by atoms with Crippen LogP contribution in [-0.4, -0.2) is 38.6 Å². The fourth-order valence-electron chi connectivity index (χ4n) is 2.34. The summed E-state index contributed by atoms with van der Waals surface area (Å²) in [4.78, 5) is 36.1. The van der Waals surface area contributed by atoms with Crippen molar-refractivity contribution in [1.29, 1.82) is 0 Å². The van der Waals surface area contributed by atoms with Crippen molar-refractivity contribution in [2.45, 2.75) is 13.8 Å². The van der Waals surface area contributed by atoms with Gasteiger partial charge >= 0.3 is 11.9 Å². The van der Waals surface area contributed by atoms with Crippen LogP contribution >= 0.6 is 22.9 Å². The third-order valence-corrected chi connectivity index (χ3v) is 4.85. The summed E-state index contributed by atoms with van der Waals surface area (Å²) in [6.45, 7) is 3.72. The van der Waals surface area contributed by atoms with Crippen LogP contribution in [0.4, 0.5) is 11.1 Å². The zero-order valence-electron chi connectivity index (χ0n) is 14.9. The number of benzene rings is 1. The van der Waals surface area contributed by atoms with Crippen LogP contribution in [0.25, 0.3) is 11.3 Å². The number of esters is 1. The van der Waals surface area contributed by atoms with Gasteiger partial charge in [0.05, 0.1) is 23.6 Å². The minimum atomic E-state index is -1.01. The Balaban J connectivity index is 1.87. The minimum Gasteiger partial charge on any atom is -0.478 e. The summed E-state index contributed by atoms with van der Waals surface area (Å²) in [7, 11) is 0. The third kappa shape index (κ3) is 4.44. The number of nitrogens with one attached hydrogen (secondary N) is 1. The highest BCUT2D eigenvalue weighted by molar-refractivity contribution is 7.17. The monoisotopic (exact) mass is 418 g/mol. The molecule has 10 heteroatoms. The van der Waals surface area contributed by atoms with Gasteiger partial charge < -0.3 is 9.84 Å². The molecular weight excluding hydrogens is 404 g/mol. The lowest BCUT2D eigenvalue weighted by Crippen LogP contribution is -2.03. The maximum Gasteiger partial charge on any atom is 0.350 e. The number of anilines is 2. The molecule has 0 aliphatic carbocycles. The maximum absolute atomic E-state index is 11.9. The van der Waals surface area contributed by atoms with E-state index in [1.807, 2.05) is 0 Å². The van der Waals surface area contributed by atoms with E-state index >= 15 is 0 Å². The van der Waals surface area contributed by atoms with Crippen molar-refractivity contribution >= 4 is 46.0 Å².